The van der Waals surface area contributed by atoms with E-state index in [9.17, 15) is 4.39 Å². The molecule has 0 aliphatic heterocycles. The Morgan fingerprint density at radius 3 is 2.68 bits per heavy atom. The molecule has 0 radical (unpaired) electrons. The summed E-state index contributed by atoms with van der Waals surface area (Å²) in [6, 6.07) is 8.54. The highest BCUT2D eigenvalue weighted by molar-refractivity contribution is 7.16. The van der Waals surface area contributed by atoms with Crippen molar-refractivity contribution in [3.63, 3.8) is 0 Å². The van der Waals surface area contributed by atoms with Crippen molar-refractivity contribution >= 4 is 28.6 Å². The molecule has 1 heterocycles. The molecule has 0 amide bonds. The maximum Gasteiger partial charge on any atom is 0.130 e. The standard InChI is InChI=1S/C14H16ClFN2S/c1-9(17)14-11(16)4-3-5-12(14)18(2)8-10-6-7-13(15)19-10/h3-7,9H,8,17H2,1-2H3/t9-/m1/s1. The second-order valence-corrected chi connectivity index (χ2v) is 6.32. The first kappa shape index (κ1) is 14.3. The van der Waals surface area contributed by atoms with E-state index in [0.29, 0.717) is 12.1 Å². The Morgan fingerprint density at radius 2 is 2.11 bits per heavy atom. The van der Waals surface area contributed by atoms with Crippen molar-refractivity contribution < 1.29 is 4.39 Å². The zero-order valence-electron chi connectivity index (χ0n) is 10.9. The summed E-state index contributed by atoms with van der Waals surface area (Å²) < 4.78 is 14.6. The van der Waals surface area contributed by atoms with Crippen LogP contribution in [0.25, 0.3) is 0 Å². The van der Waals surface area contributed by atoms with Crippen LogP contribution in [0.1, 0.15) is 23.4 Å². The highest BCUT2D eigenvalue weighted by Gasteiger charge is 2.15. The summed E-state index contributed by atoms with van der Waals surface area (Å²) in [5, 5.41) is 0. The van der Waals surface area contributed by atoms with Gasteiger partial charge >= 0.3 is 0 Å². The van der Waals surface area contributed by atoms with E-state index in [-0.39, 0.29) is 11.9 Å². The first-order valence-corrected chi connectivity index (χ1v) is 7.18. The van der Waals surface area contributed by atoms with Gasteiger partial charge in [-0.3, -0.25) is 0 Å². The molecule has 2 nitrogen and oxygen atoms in total. The fourth-order valence-electron chi connectivity index (χ4n) is 2.06. The Balaban J connectivity index is 2.28. The number of rotatable bonds is 4. The number of nitrogens with zero attached hydrogens (tertiary/aromatic N) is 1. The van der Waals surface area contributed by atoms with Crippen LogP contribution in [-0.4, -0.2) is 7.05 Å². The number of halogens is 2. The van der Waals surface area contributed by atoms with Crippen molar-refractivity contribution in [2.24, 2.45) is 5.73 Å². The summed E-state index contributed by atoms with van der Waals surface area (Å²) in [5.41, 5.74) is 7.23. The number of hydrogen-bond acceptors (Lipinski definition) is 3. The summed E-state index contributed by atoms with van der Waals surface area (Å²) >= 11 is 7.44. The lowest BCUT2D eigenvalue weighted by Crippen LogP contribution is -2.20. The summed E-state index contributed by atoms with van der Waals surface area (Å²) in [5.74, 6) is -0.261. The van der Waals surface area contributed by atoms with Crippen LogP contribution < -0.4 is 10.6 Å². The topological polar surface area (TPSA) is 29.3 Å². The first-order valence-electron chi connectivity index (χ1n) is 5.98. The molecule has 0 aliphatic carbocycles. The fraction of sp³-hybridized carbons (Fsp3) is 0.286. The molecule has 0 spiro atoms. The molecule has 0 aliphatic rings. The molecule has 2 rings (SSSR count). The average molecular weight is 299 g/mol. The summed E-state index contributed by atoms with van der Waals surface area (Å²) in [4.78, 5) is 3.12. The van der Waals surface area contributed by atoms with Crippen molar-refractivity contribution in [1.29, 1.82) is 0 Å². The van der Waals surface area contributed by atoms with E-state index in [1.54, 1.807) is 13.0 Å². The Morgan fingerprint density at radius 1 is 1.37 bits per heavy atom. The third kappa shape index (κ3) is 3.26. The molecule has 102 valence electrons. The molecular weight excluding hydrogens is 283 g/mol. The maximum atomic E-state index is 13.9. The molecule has 2 N–H and O–H groups in total. The predicted molar refractivity (Wildman–Crippen MR) is 80.4 cm³/mol. The third-order valence-corrected chi connectivity index (χ3v) is 4.13. The van der Waals surface area contributed by atoms with Crippen LogP contribution in [-0.2, 0) is 6.54 Å². The summed E-state index contributed by atoms with van der Waals surface area (Å²) in [6.07, 6.45) is 0. The van der Waals surface area contributed by atoms with Gasteiger partial charge in [-0.2, -0.15) is 0 Å². The van der Waals surface area contributed by atoms with Gasteiger partial charge in [-0.05, 0) is 31.2 Å². The minimum Gasteiger partial charge on any atom is -0.369 e. The van der Waals surface area contributed by atoms with E-state index in [0.717, 1.165) is 14.9 Å². The Kier molecular flexibility index (Phi) is 4.45. The van der Waals surface area contributed by atoms with E-state index >= 15 is 0 Å². The van der Waals surface area contributed by atoms with Gasteiger partial charge in [0, 0.05) is 29.2 Å². The summed E-state index contributed by atoms with van der Waals surface area (Å²) in [6.45, 7) is 2.47. The van der Waals surface area contributed by atoms with Crippen molar-refractivity contribution in [2.45, 2.75) is 19.5 Å². The van der Waals surface area contributed by atoms with Crippen LogP contribution in [0.2, 0.25) is 4.34 Å². The largest absolute Gasteiger partial charge is 0.369 e. The zero-order valence-corrected chi connectivity index (χ0v) is 12.4. The average Bonchev–Trinajstić information content (AvgIpc) is 2.73. The second-order valence-electron chi connectivity index (χ2n) is 4.52. The van der Waals surface area contributed by atoms with Crippen molar-refractivity contribution in [3.05, 3.63) is 50.9 Å². The van der Waals surface area contributed by atoms with Gasteiger partial charge in [-0.15, -0.1) is 11.3 Å². The number of anilines is 1. The van der Waals surface area contributed by atoms with Gasteiger partial charge < -0.3 is 10.6 Å². The van der Waals surface area contributed by atoms with Gasteiger partial charge in [0.15, 0.2) is 0 Å². The van der Waals surface area contributed by atoms with Gasteiger partial charge in [0.2, 0.25) is 0 Å². The van der Waals surface area contributed by atoms with Crippen LogP contribution in [0, 0.1) is 5.82 Å². The van der Waals surface area contributed by atoms with E-state index in [1.165, 1.54) is 17.4 Å². The Labute approximate surface area is 121 Å². The molecule has 5 heteroatoms. The van der Waals surface area contributed by atoms with Gasteiger partial charge in [-0.1, -0.05) is 17.7 Å². The minimum atomic E-state index is -0.342. The lowest BCUT2D eigenvalue weighted by atomic mass is 10.1. The highest BCUT2D eigenvalue weighted by atomic mass is 35.5. The van der Waals surface area contributed by atoms with E-state index in [1.807, 2.05) is 30.1 Å². The molecule has 19 heavy (non-hydrogen) atoms. The lowest BCUT2D eigenvalue weighted by molar-refractivity contribution is 0.592. The zero-order chi connectivity index (χ0) is 14.0. The Hall–Kier alpha value is -1.10. The number of benzene rings is 1. The van der Waals surface area contributed by atoms with Crippen LogP contribution in [0.3, 0.4) is 0 Å². The monoisotopic (exact) mass is 298 g/mol. The summed E-state index contributed by atoms with van der Waals surface area (Å²) in [7, 11) is 1.92. The first-order chi connectivity index (χ1) is 8.99. The minimum absolute atomic E-state index is 0.261. The molecule has 1 atom stereocenters. The molecule has 0 unspecified atom stereocenters. The van der Waals surface area contributed by atoms with Crippen LogP contribution >= 0.6 is 22.9 Å². The molecule has 1 aromatic heterocycles. The van der Waals surface area contributed by atoms with Crippen molar-refractivity contribution in [2.75, 3.05) is 11.9 Å². The van der Waals surface area contributed by atoms with E-state index < -0.39 is 0 Å². The predicted octanol–water partition coefficient (Wildman–Crippen LogP) is 4.20. The normalized spacial score (nSPS) is 12.5. The second kappa shape index (κ2) is 5.90. The number of thiophene rings is 1. The van der Waals surface area contributed by atoms with Gasteiger partial charge in [0.25, 0.3) is 0 Å². The third-order valence-electron chi connectivity index (χ3n) is 2.92. The van der Waals surface area contributed by atoms with E-state index in [2.05, 4.69) is 0 Å². The van der Waals surface area contributed by atoms with Gasteiger partial charge in [0.05, 0.1) is 10.9 Å². The van der Waals surface area contributed by atoms with Crippen LogP contribution in [0.5, 0.6) is 0 Å². The number of hydrogen-bond donors (Lipinski definition) is 1. The Bertz CT molecular complexity index is 568. The van der Waals surface area contributed by atoms with Crippen LogP contribution in [0.4, 0.5) is 10.1 Å². The van der Waals surface area contributed by atoms with Crippen molar-refractivity contribution in [1.82, 2.24) is 0 Å². The highest BCUT2D eigenvalue weighted by Crippen LogP contribution is 2.30. The number of nitrogens with two attached hydrogens (primary N) is 1. The molecule has 0 fully saturated rings. The molecule has 1 aromatic carbocycles. The SMILES string of the molecule is C[C@@H](N)c1c(F)cccc1N(C)Cc1ccc(Cl)s1. The molecular formula is C14H16ClFN2S. The molecule has 0 saturated carbocycles. The lowest BCUT2D eigenvalue weighted by Gasteiger charge is -2.23. The van der Waals surface area contributed by atoms with Crippen LogP contribution in [0.15, 0.2) is 30.3 Å². The molecule has 2 aromatic rings. The smallest absolute Gasteiger partial charge is 0.130 e. The fourth-order valence-corrected chi connectivity index (χ4v) is 3.21. The van der Waals surface area contributed by atoms with Crippen molar-refractivity contribution in [3.8, 4) is 0 Å². The molecule has 0 saturated heterocycles. The maximum absolute atomic E-state index is 13.9. The van der Waals surface area contributed by atoms with Gasteiger partial charge in [-0.25, -0.2) is 4.39 Å². The molecule has 0 bridgehead atoms. The quantitative estimate of drug-likeness (QED) is 0.917. The van der Waals surface area contributed by atoms with E-state index in [4.69, 9.17) is 17.3 Å². The van der Waals surface area contributed by atoms with Gasteiger partial charge in [0.1, 0.15) is 5.82 Å².